The van der Waals surface area contributed by atoms with Crippen LogP contribution >= 0.6 is 0 Å². The molecule has 0 radical (unpaired) electrons. The molecule has 334 valence electrons. The maximum Gasteiger partial charge on any atom is 0.302 e. The monoisotopic (exact) mass is 894 g/mol. The fourth-order valence-electron chi connectivity index (χ4n) is 11.9. The van der Waals surface area contributed by atoms with Crippen molar-refractivity contribution in [2.75, 3.05) is 13.6 Å². The number of hydrogen-bond acceptors (Lipinski definition) is 8. The van der Waals surface area contributed by atoms with Gasteiger partial charge in [-0.3, -0.25) is 18.7 Å². The molecule has 4 aliphatic carbocycles. The average molecular weight is 895 g/mol. The largest absolute Gasteiger partial charge is 0.462 e. The van der Waals surface area contributed by atoms with Gasteiger partial charge in [0.15, 0.2) is 0 Å². The van der Waals surface area contributed by atoms with Crippen LogP contribution in [0.15, 0.2) is 112 Å². The first-order valence-electron chi connectivity index (χ1n) is 22.1. The van der Waals surface area contributed by atoms with E-state index >= 15 is 0 Å². The van der Waals surface area contributed by atoms with Crippen LogP contribution in [0.4, 0.5) is 0 Å². The molecule has 3 saturated carbocycles. The van der Waals surface area contributed by atoms with Crippen molar-refractivity contribution < 1.29 is 40.3 Å². The number of hydrogen-bond donors (Lipinski definition) is 2. The summed E-state index contributed by atoms with van der Waals surface area (Å²) in [6, 6.07) is 27.1. The molecular formula is C50H58N2O9S2. The maximum absolute atomic E-state index is 12.4. The molecule has 63 heavy (non-hydrogen) atoms. The Morgan fingerprint density at radius 1 is 0.762 bits per heavy atom. The van der Waals surface area contributed by atoms with Crippen molar-refractivity contribution in [2.24, 2.45) is 28.6 Å². The molecule has 6 atom stereocenters. The lowest BCUT2D eigenvalue weighted by Gasteiger charge is -2.56. The highest BCUT2D eigenvalue weighted by molar-refractivity contribution is 7.86. The molecule has 0 spiro atoms. The van der Waals surface area contributed by atoms with Gasteiger partial charge in [0.2, 0.25) is 0 Å². The molecule has 5 aromatic rings. The second-order valence-corrected chi connectivity index (χ2v) is 21.5. The molecule has 1 aliphatic heterocycles. The minimum Gasteiger partial charge on any atom is -0.462 e. The Bertz CT molecular complexity index is 2750. The van der Waals surface area contributed by atoms with Crippen molar-refractivity contribution in [3.05, 3.63) is 119 Å². The molecule has 2 heterocycles. The number of nitrogens with zero attached hydrogens (tertiary/aromatic N) is 2. The zero-order chi connectivity index (χ0) is 44.9. The number of fused-ring (bicyclic) bond motifs is 9. The van der Waals surface area contributed by atoms with Crippen LogP contribution in [0.3, 0.4) is 0 Å². The van der Waals surface area contributed by atoms with E-state index in [9.17, 15) is 26.4 Å². The number of carbonyl (C=O) groups is 2. The van der Waals surface area contributed by atoms with E-state index in [4.69, 9.17) is 13.8 Å². The zero-order valence-corrected chi connectivity index (χ0v) is 38.1. The maximum atomic E-state index is 12.4. The minimum atomic E-state index is -4.47. The summed E-state index contributed by atoms with van der Waals surface area (Å²) in [5.74, 6) is 2.33. The fraction of sp³-hybridized carbons (Fsp3) is 0.440. The zero-order valence-electron chi connectivity index (χ0n) is 36.5. The summed E-state index contributed by atoms with van der Waals surface area (Å²) in [7, 11) is -6.72. The standard InChI is InChI=1S/C21H30O3.C19H20N2.C10H8O6S2/c1-13(22)24-15-8-10-20(2)14(12-15)4-5-16-17-6-7-19(23)21(17,3)11-9-18(16)20;1-20-12-11-19-17(14-20)16-9-5-6-10-18(16)21(19)13-15-7-3-2-4-8-15;11-17(12,13)9-5-1-3-7-8(9)4-2-6-10(7)18(14,15)16/h4,15-18H,5-12H2,1-3H3;2-10H,11-14H2,1H3;1-6H,(H,11,12,13)(H,14,15,16). The van der Waals surface area contributed by atoms with E-state index < -0.39 is 30.0 Å². The molecule has 3 fully saturated rings. The van der Waals surface area contributed by atoms with Gasteiger partial charge in [-0.15, -0.1) is 0 Å². The number of esters is 1. The van der Waals surface area contributed by atoms with Crippen molar-refractivity contribution in [2.45, 2.75) is 108 Å². The lowest BCUT2D eigenvalue weighted by atomic mass is 9.48. The van der Waals surface area contributed by atoms with Crippen molar-refractivity contribution in [1.82, 2.24) is 9.47 Å². The first-order valence-corrected chi connectivity index (χ1v) is 24.9. The molecule has 0 saturated heterocycles. The summed E-state index contributed by atoms with van der Waals surface area (Å²) in [4.78, 5) is 25.3. The van der Waals surface area contributed by atoms with Gasteiger partial charge in [0.1, 0.15) is 21.7 Å². The molecule has 5 aliphatic rings. The number of allylic oxidation sites excluding steroid dienone is 1. The summed E-state index contributed by atoms with van der Waals surface area (Å²) < 4.78 is 70.7. The Kier molecular flexibility index (Phi) is 12.4. The second kappa shape index (κ2) is 17.4. The Balaban J connectivity index is 0.000000131. The number of likely N-dealkylation sites (N-methyl/N-ethyl adjacent to an activating group) is 1. The molecule has 0 bridgehead atoms. The summed E-state index contributed by atoms with van der Waals surface area (Å²) >= 11 is 0. The highest BCUT2D eigenvalue weighted by atomic mass is 32.2. The SMILES string of the molecule is CC(=O)OC1CCC2(C)C(=CCC3C4CCC(=O)C4(C)CCC32)C1.CN1CCc2c(c3ccccc3n2Cc2ccccc2)C1.O=S(=O)(O)c1cccc2c(S(=O)(=O)O)cccc12. The van der Waals surface area contributed by atoms with Gasteiger partial charge < -0.3 is 14.2 Å². The van der Waals surface area contributed by atoms with Crippen molar-refractivity contribution in [3.8, 4) is 0 Å². The van der Waals surface area contributed by atoms with Crippen LogP contribution in [-0.2, 0) is 54.1 Å². The molecule has 1 aromatic heterocycles. The highest BCUT2D eigenvalue weighted by Crippen LogP contribution is 2.64. The lowest BCUT2D eigenvalue weighted by Crippen LogP contribution is -2.50. The predicted molar refractivity (Wildman–Crippen MR) is 243 cm³/mol. The number of carbonyl (C=O) groups excluding carboxylic acids is 2. The summed E-state index contributed by atoms with van der Waals surface area (Å²) in [6.07, 6.45) is 12.0. The van der Waals surface area contributed by atoms with Gasteiger partial charge in [-0.05, 0) is 98.1 Å². The number of benzene rings is 4. The molecule has 13 heteroatoms. The van der Waals surface area contributed by atoms with Crippen LogP contribution in [0.5, 0.6) is 0 Å². The Hall–Kier alpha value is -4.66. The summed E-state index contributed by atoms with van der Waals surface area (Å²) in [5.41, 5.74) is 7.54. The van der Waals surface area contributed by atoms with E-state index in [0.717, 1.165) is 83.1 Å². The van der Waals surface area contributed by atoms with Crippen molar-refractivity contribution in [1.29, 1.82) is 0 Å². The summed E-state index contributed by atoms with van der Waals surface area (Å²) in [5, 5.41) is 1.47. The van der Waals surface area contributed by atoms with E-state index in [1.807, 2.05) is 0 Å². The van der Waals surface area contributed by atoms with E-state index in [-0.39, 0.29) is 33.7 Å². The predicted octanol–water partition coefficient (Wildman–Crippen LogP) is 9.46. The Morgan fingerprint density at radius 3 is 2.02 bits per heavy atom. The van der Waals surface area contributed by atoms with Gasteiger partial charge in [-0.25, -0.2) is 0 Å². The van der Waals surface area contributed by atoms with Gasteiger partial charge in [0, 0.05) is 78.6 Å². The highest BCUT2D eigenvalue weighted by Gasteiger charge is 2.58. The van der Waals surface area contributed by atoms with Crippen LogP contribution < -0.4 is 0 Å². The fourth-order valence-corrected chi connectivity index (χ4v) is 13.3. The molecule has 2 N–H and O–H groups in total. The average Bonchev–Trinajstić information content (AvgIpc) is 3.72. The third kappa shape index (κ3) is 8.79. The van der Waals surface area contributed by atoms with Gasteiger partial charge in [-0.2, -0.15) is 16.8 Å². The smallest absolute Gasteiger partial charge is 0.302 e. The second-order valence-electron chi connectivity index (χ2n) is 18.7. The molecule has 11 nitrogen and oxygen atoms in total. The summed E-state index contributed by atoms with van der Waals surface area (Å²) in [6.45, 7) is 9.38. The molecule has 4 aromatic carbocycles. The number of rotatable bonds is 5. The van der Waals surface area contributed by atoms with Crippen LogP contribution in [0, 0.1) is 28.6 Å². The number of para-hydroxylation sites is 1. The van der Waals surface area contributed by atoms with Crippen LogP contribution in [0.2, 0.25) is 0 Å². The van der Waals surface area contributed by atoms with Crippen LogP contribution in [-0.4, -0.2) is 66.9 Å². The third-order valence-corrected chi connectivity index (χ3v) is 16.9. The van der Waals surface area contributed by atoms with Crippen molar-refractivity contribution >= 4 is 53.7 Å². The molecular weight excluding hydrogens is 837 g/mol. The Labute approximate surface area is 371 Å². The topological polar surface area (TPSA) is 160 Å². The molecule has 0 amide bonds. The number of Topliss-reactive ketones (excluding diaryl/α,β-unsaturated/α-hetero) is 1. The van der Waals surface area contributed by atoms with E-state index in [2.05, 4.69) is 91.0 Å². The van der Waals surface area contributed by atoms with Crippen LogP contribution in [0.1, 0.15) is 89.0 Å². The number of aromatic nitrogens is 1. The molecule has 10 rings (SSSR count). The molecule has 6 unspecified atom stereocenters. The van der Waals surface area contributed by atoms with E-state index in [1.165, 1.54) is 70.9 Å². The van der Waals surface area contributed by atoms with Gasteiger partial charge in [0.25, 0.3) is 20.2 Å². The minimum absolute atomic E-state index is 0.0233. The lowest BCUT2D eigenvalue weighted by molar-refractivity contribution is -0.148. The quantitative estimate of drug-likeness (QED) is 0.0989. The van der Waals surface area contributed by atoms with Gasteiger partial charge >= 0.3 is 5.97 Å². The number of ether oxygens (including phenoxy) is 1. The van der Waals surface area contributed by atoms with E-state index in [1.54, 1.807) is 0 Å². The van der Waals surface area contributed by atoms with Crippen molar-refractivity contribution in [3.63, 3.8) is 0 Å². The van der Waals surface area contributed by atoms with Gasteiger partial charge in [-0.1, -0.05) is 98.3 Å². The normalized spacial score (nSPS) is 26.8. The van der Waals surface area contributed by atoms with Crippen LogP contribution in [0.25, 0.3) is 21.7 Å². The number of ketones is 1. The van der Waals surface area contributed by atoms with E-state index in [0.29, 0.717) is 23.5 Å². The first-order chi connectivity index (χ1) is 29.9. The van der Waals surface area contributed by atoms with Gasteiger partial charge in [0.05, 0.1) is 0 Å². The Morgan fingerprint density at radius 2 is 1.37 bits per heavy atom. The first kappa shape index (κ1) is 44.9. The third-order valence-electron chi connectivity index (χ3n) is 15.0.